The molecular weight excluding hydrogens is 282 g/mol. The van der Waals surface area contributed by atoms with Crippen molar-refractivity contribution in [2.24, 2.45) is 5.73 Å². The fourth-order valence-corrected chi connectivity index (χ4v) is 3.17. The van der Waals surface area contributed by atoms with Crippen molar-refractivity contribution < 1.29 is 23.1 Å². The second-order valence-electron chi connectivity index (χ2n) is 3.14. The number of urea groups is 1. The van der Waals surface area contributed by atoms with E-state index in [2.05, 4.69) is 10.0 Å². The van der Waals surface area contributed by atoms with Gasteiger partial charge in [0.15, 0.2) is 0 Å². The van der Waals surface area contributed by atoms with Crippen molar-refractivity contribution in [3.8, 4) is 0 Å². The maximum absolute atomic E-state index is 11.7. The third kappa shape index (κ3) is 3.98. The Kier molecular flexibility index (Phi) is 4.64. The van der Waals surface area contributed by atoms with E-state index in [0.29, 0.717) is 0 Å². The smallest absolute Gasteiger partial charge is 0.345 e. The van der Waals surface area contributed by atoms with Crippen molar-refractivity contribution in [3.05, 3.63) is 16.3 Å². The lowest BCUT2D eigenvalue weighted by Gasteiger charge is -2.04. The molecule has 5 N–H and O–H groups in total. The summed E-state index contributed by atoms with van der Waals surface area (Å²) in [5.41, 5.74) is 4.80. The molecular formula is C8H11N3O5S2. The van der Waals surface area contributed by atoms with E-state index < -0.39 is 22.0 Å². The number of nitrogens with two attached hydrogens (primary N) is 1. The molecule has 0 atom stereocenters. The standard InChI is InChI=1S/C8H11N3O5S2/c9-8(14)10-1-2-11-18(15,16)5-3-6(7(12)13)17-4-5/h3-4,11H,1-2H2,(H,12,13)(H3,9,10,14). The molecule has 0 fully saturated rings. The largest absolute Gasteiger partial charge is 0.477 e. The zero-order valence-electron chi connectivity index (χ0n) is 9.04. The van der Waals surface area contributed by atoms with Crippen LogP contribution in [0.2, 0.25) is 0 Å². The van der Waals surface area contributed by atoms with Gasteiger partial charge in [0, 0.05) is 18.5 Å². The van der Waals surface area contributed by atoms with E-state index in [9.17, 15) is 18.0 Å². The van der Waals surface area contributed by atoms with Crippen LogP contribution >= 0.6 is 11.3 Å². The molecule has 0 saturated carbocycles. The highest BCUT2D eigenvalue weighted by molar-refractivity contribution is 7.89. The van der Waals surface area contributed by atoms with Gasteiger partial charge < -0.3 is 16.2 Å². The number of primary amides is 1. The molecule has 0 unspecified atom stereocenters. The average Bonchev–Trinajstić information content (AvgIpc) is 2.74. The third-order valence-corrected chi connectivity index (χ3v) is 4.32. The summed E-state index contributed by atoms with van der Waals surface area (Å²) in [6.07, 6.45) is 0. The van der Waals surface area contributed by atoms with Crippen LogP contribution in [0.15, 0.2) is 16.3 Å². The van der Waals surface area contributed by atoms with E-state index in [1.807, 2.05) is 0 Å². The molecule has 0 radical (unpaired) electrons. The fraction of sp³-hybridized carbons (Fsp3) is 0.250. The lowest BCUT2D eigenvalue weighted by atomic mass is 10.5. The van der Waals surface area contributed by atoms with Gasteiger partial charge in [0.1, 0.15) is 4.88 Å². The van der Waals surface area contributed by atoms with Gasteiger partial charge in [-0.2, -0.15) is 0 Å². The minimum Gasteiger partial charge on any atom is -0.477 e. The minimum atomic E-state index is -3.77. The lowest BCUT2D eigenvalue weighted by Crippen LogP contribution is -2.37. The Morgan fingerprint density at radius 2 is 2.06 bits per heavy atom. The molecule has 0 saturated heterocycles. The molecule has 0 aromatic carbocycles. The second kappa shape index (κ2) is 5.80. The molecule has 0 aliphatic rings. The average molecular weight is 293 g/mol. The van der Waals surface area contributed by atoms with Crippen molar-refractivity contribution in [2.75, 3.05) is 13.1 Å². The summed E-state index contributed by atoms with van der Waals surface area (Å²) in [5, 5.41) is 12.1. The molecule has 1 heterocycles. The fourth-order valence-electron chi connectivity index (χ4n) is 1.03. The van der Waals surface area contributed by atoms with E-state index in [1.165, 1.54) is 5.38 Å². The number of carbonyl (C=O) groups excluding carboxylic acids is 1. The van der Waals surface area contributed by atoms with E-state index in [-0.39, 0.29) is 22.9 Å². The lowest BCUT2D eigenvalue weighted by molar-refractivity contribution is 0.0702. The van der Waals surface area contributed by atoms with Crippen molar-refractivity contribution in [2.45, 2.75) is 4.90 Å². The highest BCUT2D eigenvalue weighted by Crippen LogP contribution is 2.18. The minimum absolute atomic E-state index is 0.0382. The first-order valence-electron chi connectivity index (χ1n) is 4.68. The Balaban J connectivity index is 2.62. The zero-order valence-corrected chi connectivity index (χ0v) is 10.7. The number of nitrogens with one attached hydrogen (secondary N) is 2. The monoisotopic (exact) mass is 293 g/mol. The summed E-state index contributed by atoms with van der Waals surface area (Å²) < 4.78 is 25.5. The number of aromatic carboxylic acids is 1. The van der Waals surface area contributed by atoms with Gasteiger partial charge in [-0.25, -0.2) is 22.7 Å². The third-order valence-electron chi connectivity index (χ3n) is 1.81. The first-order chi connectivity index (χ1) is 8.33. The summed E-state index contributed by atoms with van der Waals surface area (Å²) in [6.45, 7) is 0.00795. The van der Waals surface area contributed by atoms with Crippen LogP contribution in [0.1, 0.15) is 9.67 Å². The Morgan fingerprint density at radius 3 is 2.56 bits per heavy atom. The summed E-state index contributed by atoms with van der Waals surface area (Å²) in [5.74, 6) is -1.18. The van der Waals surface area contributed by atoms with E-state index >= 15 is 0 Å². The maximum atomic E-state index is 11.7. The number of sulfonamides is 1. The topological polar surface area (TPSA) is 139 Å². The number of hydrogen-bond acceptors (Lipinski definition) is 5. The van der Waals surface area contributed by atoms with Gasteiger partial charge in [-0.05, 0) is 6.07 Å². The molecule has 0 aliphatic heterocycles. The summed E-state index contributed by atoms with van der Waals surface area (Å²) in [7, 11) is -3.77. The Hall–Kier alpha value is -1.65. The van der Waals surface area contributed by atoms with Crippen LogP contribution in [-0.4, -0.2) is 38.6 Å². The van der Waals surface area contributed by atoms with Crippen LogP contribution < -0.4 is 15.8 Å². The van der Waals surface area contributed by atoms with Gasteiger partial charge in [0.2, 0.25) is 10.0 Å². The van der Waals surface area contributed by atoms with Crippen molar-refractivity contribution in [3.63, 3.8) is 0 Å². The molecule has 0 aliphatic carbocycles. The normalized spacial score (nSPS) is 11.1. The molecule has 1 aromatic heterocycles. The van der Waals surface area contributed by atoms with Crippen molar-refractivity contribution in [1.29, 1.82) is 0 Å². The summed E-state index contributed by atoms with van der Waals surface area (Å²) in [4.78, 5) is 20.8. The van der Waals surface area contributed by atoms with Crippen LogP contribution in [0.5, 0.6) is 0 Å². The zero-order chi connectivity index (χ0) is 13.8. The highest BCUT2D eigenvalue weighted by atomic mass is 32.2. The van der Waals surface area contributed by atoms with Gasteiger partial charge in [0.05, 0.1) is 4.90 Å². The first-order valence-corrected chi connectivity index (χ1v) is 7.04. The second-order valence-corrected chi connectivity index (χ2v) is 5.82. The van der Waals surface area contributed by atoms with Crippen LogP contribution in [-0.2, 0) is 10.0 Å². The molecule has 2 amide bonds. The molecule has 100 valence electrons. The molecule has 10 heteroatoms. The van der Waals surface area contributed by atoms with Crippen LogP contribution in [0.4, 0.5) is 4.79 Å². The Bertz CT molecular complexity index is 551. The van der Waals surface area contributed by atoms with Gasteiger partial charge in [-0.3, -0.25) is 0 Å². The van der Waals surface area contributed by atoms with Crippen LogP contribution in [0.25, 0.3) is 0 Å². The summed E-state index contributed by atoms with van der Waals surface area (Å²) >= 11 is 0.820. The molecule has 1 rings (SSSR count). The molecule has 8 nitrogen and oxygen atoms in total. The van der Waals surface area contributed by atoms with Crippen molar-refractivity contribution in [1.82, 2.24) is 10.0 Å². The number of carboxylic acid groups (broad SMARTS) is 1. The Labute approximate surface area is 107 Å². The van der Waals surface area contributed by atoms with Crippen LogP contribution in [0, 0.1) is 0 Å². The quantitative estimate of drug-likeness (QED) is 0.518. The van der Waals surface area contributed by atoms with Gasteiger partial charge in [0.25, 0.3) is 0 Å². The number of thiophene rings is 1. The Morgan fingerprint density at radius 1 is 1.39 bits per heavy atom. The summed E-state index contributed by atoms with van der Waals surface area (Å²) in [6, 6.07) is 0.314. The number of hydrogen-bond donors (Lipinski definition) is 4. The number of rotatable bonds is 6. The van der Waals surface area contributed by atoms with Crippen molar-refractivity contribution >= 4 is 33.4 Å². The van der Waals surface area contributed by atoms with E-state index in [0.717, 1.165) is 17.4 Å². The predicted molar refractivity (Wildman–Crippen MR) is 64.1 cm³/mol. The number of carbonyl (C=O) groups is 2. The molecule has 1 aromatic rings. The van der Waals surface area contributed by atoms with Gasteiger partial charge in [-0.1, -0.05) is 0 Å². The first kappa shape index (κ1) is 14.4. The molecule has 0 bridgehead atoms. The van der Waals surface area contributed by atoms with Crippen LogP contribution in [0.3, 0.4) is 0 Å². The van der Waals surface area contributed by atoms with E-state index in [4.69, 9.17) is 10.8 Å². The maximum Gasteiger partial charge on any atom is 0.345 e. The molecule has 0 spiro atoms. The number of amides is 2. The van der Waals surface area contributed by atoms with Gasteiger partial charge >= 0.3 is 12.0 Å². The predicted octanol–water partition coefficient (Wildman–Crippen LogP) is -0.607. The SMILES string of the molecule is NC(=O)NCCNS(=O)(=O)c1csc(C(=O)O)c1. The molecule has 18 heavy (non-hydrogen) atoms. The number of carboxylic acids is 1. The van der Waals surface area contributed by atoms with E-state index in [1.54, 1.807) is 0 Å². The van der Waals surface area contributed by atoms with Gasteiger partial charge in [-0.15, -0.1) is 11.3 Å². The highest BCUT2D eigenvalue weighted by Gasteiger charge is 2.17.